The van der Waals surface area contributed by atoms with Crippen molar-refractivity contribution in [2.75, 3.05) is 18.5 Å². The molecule has 3 rings (SSSR count). The highest BCUT2D eigenvalue weighted by Gasteiger charge is 2.17. The fourth-order valence-electron chi connectivity index (χ4n) is 2.63. The molecule has 5 heteroatoms. The molecule has 0 fully saturated rings. The summed E-state index contributed by atoms with van der Waals surface area (Å²) < 4.78 is 10.9. The highest BCUT2D eigenvalue weighted by molar-refractivity contribution is 6.06. The van der Waals surface area contributed by atoms with Crippen LogP contribution in [-0.4, -0.2) is 24.2 Å². The van der Waals surface area contributed by atoms with Gasteiger partial charge in [0, 0.05) is 11.6 Å². The van der Waals surface area contributed by atoms with E-state index in [1.54, 1.807) is 13.1 Å². The molecule has 0 bridgehead atoms. The molecular formula is C20H20N2O3. The Morgan fingerprint density at radius 3 is 2.60 bits per heavy atom. The smallest absolute Gasteiger partial charge is 0.341 e. The van der Waals surface area contributed by atoms with Crippen molar-refractivity contribution in [2.24, 2.45) is 0 Å². The average Bonchev–Trinajstić information content (AvgIpc) is 2.64. The maximum atomic E-state index is 12.4. The fourth-order valence-corrected chi connectivity index (χ4v) is 2.63. The number of rotatable bonds is 6. The summed E-state index contributed by atoms with van der Waals surface area (Å²) in [6.45, 7) is 4.58. The van der Waals surface area contributed by atoms with Crippen LogP contribution in [-0.2, 0) is 4.74 Å². The Labute approximate surface area is 146 Å². The summed E-state index contributed by atoms with van der Waals surface area (Å²) in [7, 11) is 0. The number of benzene rings is 2. The number of esters is 1. The molecule has 3 aromatic rings. The summed E-state index contributed by atoms with van der Waals surface area (Å²) in [6.07, 6.45) is 1.55. The molecule has 0 saturated heterocycles. The first kappa shape index (κ1) is 16.8. The van der Waals surface area contributed by atoms with Crippen LogP contribution in [0.1, 0.15) is 24.2 Å². The summed E-state index contributed by atoms with van der Waals surface area (Å²) >= 11 is 0. The van der Waals surface area contributed by atoms with Gasteiger partial charge < -0.3 is 14.8 Å². The van der Waals surface area contributed by atoms with Gasteiger partial charge in [-0.1, -0.05) is 30.3 Å². The van der Waals surface area contributed by atoms with Crippen LogP contribution in [0.25, 0.3) is 10.9 Å². The number of fused-ring (bicyclic) bond motifs is 1. The van der Waals surface area contributed by atoms with Gasteiger partial charge >= 0.3 is 5.97 Å². The number of para-hydroxylation sites is 3. The summed E-state index contributed by atoms with van der Waals surface area (Å²) in [4.78, 5) is 16.8. The second-order valence-corrected chi connectivity index (χ2v) is 5.34. The monoisotopic (exact) mass is 336 g/mol. The Kier molecular flexibility index (Phi) is 5.14. The number of aromatic nitrogens is 1. The summed E-state index contributed by atoms with van der Waals surface area (Å²) in [5.74, 6) is 0.317. The van der Waals surface area contributed by atoms with E-state index in [-0.39, 0.29) is 0 Å². The van der Waals surface area contributed by atoms with Gasteiger partial charge in [-0.2, -0.15) is 0 Å². The predicted octanol–water partition coefficient (Wildman–Crippen LogP) is 4.55. The van der Waals surface area contributed by atoms with E-state index >= 15 is 0 Å². The van der Waals surface area contributed by atoms with Crippen LogP contribution in [0.4, 0.5) is 11.4 Å². The zero-order valence-electron chi connectivity index (χ0n) is 14.3. The van der Waals surface area contributed by atoms with E-state index in [0.29, 0.717) is 24.5 Å². The van der Waals surface area contributed by atoms with E-state index in [0.717, 1.165) is 22.3 Å². The minimum absolute atomic E-state index is 0.306. The molecular weight excluding hydrogens is 316 g/mol. The molecule has 0 aliphatic carbocycles. The third-order valence-corrected chi connectivity index (χ3v) is 3.72. The minimum Gasteiger partial charge on any atom is -0.492 e. The van der Waals surface area contributed by atoms with Gasteiger partial charge in [-0.05, 0) is 32.0 Å². The number of anilines is 2. The van der Waals surface area contributed by atoms with Crippen molar-refractivity contribution < 1.29 is 14.3 Å². The molecule has 0 unspecified atom stereocenters. The Morgan fingerprint density at radius 1 is 1.04 bits per heavy atom. The third kappa shape index (κ3) is 3.55. The molecule has 5 nitrogen and oxygen atoms in total. The minimum atomic E-state index is -0.405. The molecule has 25 heavy (non-hydrogen) atoms. The second-order valence-electron chi connectivity index (χ2n) is 5.34. The lowest BCUT2D eigenvalue weighted by Gasteiger charge is -2.16. The van der Waals surface area contributed by atoms with Gasteiger partial charge in [0.2, 0.25) is 0 Å². The molecule has 2 aromatic carbocycles. The van der Waals surface area contributed by atoms with Crippen LogP contribution in [0, 0.1) is 0 Å². The lowest BCUT2D eigenvalue weighted by molar-refractivity contribution is 0.0527. The van der Waals surface area contributed by atoms with Gasteiger partial charge in [0.05, 0.1) is 30.1 Å². The van der Waals surface area contributed by atoms with Crippen LogP contribution in [0.2, 0.25) is 0 Å². The first-order chi connectivity index (χ1) is 12.2. The van der Waals surface area contributed by atoms with Crippen LogP contribution in [0.3, 0.4) is 0 Å². The molecule has 0 saturated carbocycles. The maximum absolute atomic E-state index is 12.4. The van der Waals surface area contributed by atoms with E-state index < -0.39 is 5.97 Å². The van der Waals surface area contributed by atoms with Crippen LogP contribution < -0.4 is 10.1 Å². The van der Waals surface area contributed by atoms with Crippen molar-refractivity contribution in [1.29, 1.82) is 0 Å². The van der Waals surface area contributed by atoms with Crippen molar-refractivity contribution in [3.05, 3.63) is 60.3 Å². The number of nitrogens with zero attached hydrogens (tertiary/aromatic N) is 1. The van der Waals surface area contributed by atoms with Crippen molar-refractivity contribution in [3.63, 3.8) is 0 Å². The van der Waals surface area contributed by atoms with Gasteiger partial charge in [-0.25, -0.2) is 4.79 Å². The molecule has 0 radical (unpaired) electrons. The number of carbonyl (C=O) groups excluding carboxylic acids is 1. The highest BCUT2D eigenvalue weighted by Crippen LogP contribution is 2.33. The first-order valence-corrected chi connectivity index (χ1v) is 8.28. The van der Waals surface area contributed by atoms with Gasteiger partial charge in [0.15, 0.2) is 0 Å². The Hall–Kier alpha value is -3.08. The van der Waals surface area contributed by atoms with Gasteiger partial charge in [0.25, 0.3) is 0 Å². The lowest BCUT2D eigenvalue weighted by Crippen LogP contribution is -2.09. The third-order valence-electron chi connectivity index (χ3n) is 3.72. The normalized spacial score (nSPS) is 10.5. The lowest BCUT2D eigenvalue weighted by atomic mass is 10.1. The van der Waals surface area contributed by atoms with E-state index in [9.17, 15) is 4.79 Å². The van der Waals surface area contributed by atoms with E-state index in [2.05, 4.69) is 10.3 Å². The first-order valence-electron chi connectivity index (χ1n) is 8.28. The number of pyridine rings is 1. The van der Waals surface area contributed by atoms with E-state index in [1.807, 2.05) is 55.5 Å². The zero-order chi connectivity index (χ0) is 17.6. The van der Waals surface area contributed by atoms with E-state index in [4.69, 9.17) is 9.47 Å². The average molecular weight is 336 g/mol. The largest absolute Gasteiger partial charge is 0.492 e. The standard InChI is InChI=1S/C20H20N2O3/c1-3-24-18-12-8-7-11-17(18)22-19-14-9-5-6-10-16(14)21-13-15(19)20(23)25-4-2/h5-13H,3-4H2,1-2H3,(H,21,22). The Morgan fingerprint density at radius 2 is 1.80 bits per heavy atom. The Balaban J connectivity index is 2.13. The van der Waals surface area contributed by atoms with Crippen LogP contribution in [0.5, 0.6) is 5.75 Å². The van der Waals surface area contributed by atoms with Gasteiger partial charge in [-0.3, -0.25) is 4.98 Å². The number of carbonyl (C=O) groups is 1. The van der Waals surface area contributed by atoms with Crippen molar-refractivity contribution in [2.45, 2.75) is 13.8 Å². The highest BCUT2D eigenvalue weighted by atomic mass is 16.5. The number of ether oxygens (including phenoxy) is 2. The molecule has 0 amide bonds. The van der Waals surface area contributed by atoms with Crippen molar-refractivity contribution in [1.82, 2.24) is 4.98 Å². The predicted molar refractivity (Wildman–Crippen MR) is 98.6 cm³/mol. The van der Waals surface area contributed by atoms with E-state index in [1.165, 1.54) is 0 Å². The summed E-state index contributed by atoms with van der Waals surface area (Å²) in [6, 6.07) is 15.3. The SMILES string of the molecule is CCOC(=O)c1cnc2ccccc2c1Nc1ccccc1OCC. The molecule has 0 spiro atoms. The van der Waals surface area contributed by atoms with Gasteiger partial charge in [0.1, 0.15) is 11.3 Å². The summed E-state index contributed by atoms with van der Waals surface area (Å²) in [5, 5.41) is 4.19. The molecule has 1 N–H and O–H groups in total. The Bertz CT molecular complexity index is 893. The number of hydrogen-bond acceptors (Lipinski definition) is 5. The molecule has 0 aliphatic heterocycles. The number of hydrogen-bond donors (Lipinski definition) is 1. The second kappa shape index (κ2) is 7.66. The number of nitrogens with one attached hydrogen (secondary N) is 1. The fraction of sp³-hybridized carbons (Fsp3) is 0.200. The van der Waals surface area contributed by atoms with Gasteiger partial charge in [-0.15, -0.1) is 0 Å². The zero-order valence-corrected chi connectivity index (χ0v) is 14.3. The maximum Gasteiger partial charge on any atom is 0.341 e. The molecule has 1 aromatic heterocycles. The molecule has 128 valence electrons. The van der Waals surface area contributed by atoms with Crippen molar-refractivity contribution >= 4 is 28.2 Å². The topological polar surface area (TPSA) is 60.5 Å². The van der Waals surface area contributed by atoms with Crippen LogP contribution >= 0.6 is 0 Å². The van der Waals surface area contributed by atoms with Crippen molar-refractivity contribution in [3.8, 4) is 5.75 Å². The molecule has 0 atom stereocenters. The van der Waals surface area contributed by atoms with Crippen LogP contribution in [0.15, 0.2) is 54.7 Å². The molecule has 1 heterocycles. The summed E-state index contributed by atoms with van der Waals surface area (Å²) in [5.41, 5.74) is 2.64. The molecule has 0 aliphatic rings. The quantitative estimate of drug-likeness (QED) is 0.669.